The van der Waals surface area contributed by atoms with Gasteiger partial charge >= 0.3 is 6.09 Å². The second-order valence-corrected chi connectivity index (χ2v) is 4.59. The van der Waals surface area contributed by atoms with Crippen LogP contribution in [-0.2, 0) is 4.74 Å². The van der Waals surface area contributed by atoms with Crippen molar-refractivity contribution in [2.45, 2.75) is 26.8 Å². The molecule has 0 spiro atoms. The Labute approximate surface area is 113 Å². The Kier molecular flexibility index (Phi) is 4.04. The molecule has 0 fully saturated rings. The first-order chi connectivity index (χ1) is 9.10. The van der Waals surface area contributed by atoms with E-state index < -0.39 is 6.09 Å². The molecule has 0 radical (unpaired) electrons. The zero-order chi connectivity index (χ0) is 13.8. The first-order valence-corrected chi connectivity index (χ1v) is 6.42. The van der Waals surface area contributed by atoms with Crippen molar-refractivity contribution < 1.29 is 9.53 Å². The van der Waals surface area contributed by atoms with E-state index in [0.717, 1.165) is 0 Å². The molecule has 5 heteroatoms. The maximum absolute atomic E-state index is 11.3. The Bertz CT molecular complexity index is 511. The van der Waals surface area contributed by atoms with E-state index in [1.807, 2.05) is 0 Å². The monoisotopic (exact) mass is 261 g/mol. The van der Waals surface area contributed by atoms with Gasteiger partial charge in [0.05, 0.1) is 19.2 Å². The van der Waals surface area contributed by atoms with Gasteiger partial charge in [-0.2, -0.15) is 0 Å². The van der Waals surface area contributed by atoms with Crippen molar-refractivity contribution in [3.8, 4) is 0 Å². The molecule has 2 N–H and O–H groups in total. The van der Waals surface area contributed by atoms with Gasteiger partial charge < -0.3 is 10.1 Å². The number of carbonyl (C=O) groups is 1. The van der Waals surface area contributed by atoms with Crippen LogP contribution in [0.3, 0.4) is 0 Å². The first kappa shape index (κ1) is 13.4. The normalized spacial score (nSPS) is 17.6. The van der Waals surface area contributed by atoms with E-state index in [-0.39, 0.29) is 6.04 Å². The second-order valence-electron chi connectivity index (χ2n) is 4.59. The quantitative estimate of drug-likeness (QED) is 0.856. The minimum atomic E-state index is -0.477. The SMILES string of the molecule is CCOC(=O)NC1=NCC(c2cc(C)ccc2C)N1. The molecule has 102 valence electrons. The molecule has 5 nitrogen and oxygen atoms in total. The van der Waals surface area contributed by atoms with Crippen molar-refractivity contribution in [2.75, 3.05) is 13.2 Å². The van der Waals surface area contributed by atoms with Gasteiger partial charge in [-0.1, -0.05) is 23.8 Å². The Hall–Kier alpha value is -2.04. The first-order valence-electron chi connectivity index (χ1n) is 6.42. The lowest BCUT2D eigenvalue weighted by atomic mass is 9.99. The molecule has 0 saturated heterocycles. The second kappa shape index (κ2) is 5.73. The standard InChI is InChI=1S/C14H19N3O2/c1-4-19-14(18)17-13-15-8-12(16-13)11-7-9(2)5-6-10(11)3/h5-7,12H,4,8H2,1-3H3,(H2,15,16,17,18). The number of amides is 1. The van der Waals surface area contributed by atoms with Crippen LogP contribution in [0.4, 0.5) is 4.79 Å². The minimum Gasteiger partial charge on any atom is -0.450 e. The molecule has 19 heavy (non-hydrogen) atoms. The lowest BCUT2D eigenvalue weighted by molar-refractivity contribution is 0.157. The van der Waals surface area contributed by atoms with Gasteiger partial charge in [0.25, 0.3) is 0 Å². The molecular formula is C14H19N3O2. The fourth-order valence-electron chi connectivity index (χ4n) is 2.09. The molecule has 1 amide bonds. The summed E-state index contributed by atoms with van der Waals surface area (Å²) in [7, 11) is 0. The topological polar surface area (TPSA) is 62.7 Å². The van der Waals surface area contributed by atoms with Crippen molar-refractivity contribution >= 4 is 12.1 Å². The lowest BCUT2D eigenvalue weighted by Gasteiger charge is -2.15. The van der Waals surface area contributed by atoms with Gasteiger partial charge in [-0.05, 0) is 31.9 Å². The molecule has 1 aliphatic heterocycles. The number of carbonyl (C=O) groups excluding carboxylic acids is 1. The van der Waals surface area contributed by atoms with Crippen molar-refractivity contribution in [1.82, 2.24) is 10.6 Å². The van der Waals surface area contributed by atoms with Gasteiger partial charge in [-0.3, -0.25) is 10.3 Å². The summed E-state index contributed by atoms with van der Waals surface area (Å²) in [6.45, 7) is 6.87. The largest absolute Gasteiger partial charge is 0.450 e. The summed E-state index contributed by atoms with van der Waals surface area (Å²) in [6, 6.07) is 6.45. The summed E-state index contributed by atoms with van der Waals surface area (Å²) in [5.74, 6) is 0.476. The van der Waals surface area contributed by atoms with Crippen LogP contribution in [0.15, 0.2) is 23.2 Å². The van der Waals surface area contributed by atoms with E-state index in [1.54, 1.807) is 6.92 Å². The highest BCUT2D eigenvalue weighted by molar-refractivity contribution is 5.95. The molecule has 0 bridgehead atoms. The van der Waals surface area contributed by atoms with Gasteiger partial charge in [0, 0.05) is 0 Å². The van der Waals surface area contributed by atoms with Crippen LogP contribution in [0.2, 0.25) is 0 Å². The molecule has 1 aromatic rings. The summed E-state index contributed by atoms with van der Waals surface area (Å²) in [5, 5.41) is 5.79. The van der Waals surface area contributed by atoms with Crippen molar-refractivity contribution in [1.29, 1.82) is 0 Å². The van der Waals surface area contributed by atoms with E-state index in [2.05, 4.69) is 47.7 Å². The van der Waals surface area contributed by atoms with Crippen LogP contribution in [0, 0.1) is 13.8 Å². The highest BCUT2D eigenvalue weighted by Crippen LogP contribution is 2.21. The van der Waals surface area contributed by atoms with E-state index in [9.17, 15) is 4.79 Å². The molecule has 2 rings (SSSR count). The summed E-state index contributed by atoms with van der Waals surface area (Å²) in [4.78, 5) is 15.6. The number of nitrogens with one attached hydrogen (secondary N) is 2. The summed E-state index contributed by atoms with van der Waals surface area (Å²) in [5.41, 5.74) is 3.65. The van der Waals surface area contributed by atoms with E-state index in [0.29, 0.717) is 19.1 Å². The van der Waals surface area contributed by atoms with Gasteiger partial charge in [-0.15, -0.1) is 0 Å². The third kappa shape index (κ3) is 3.24. The number of rotatable bonds is 2. The average Bonchev–Trinajstić information content (AvgIpc) is 2.81. The highest BCUT2D eigenvalue weighted by Gasteiger charge is 2.22. The van der Waals surface area contributed by atoms with Crippen LogP contribution >= 0.6 is 0 Å². The predicted molar refractivity (Wildman–Crippen MR) is 74.3 cm³/mol. The Morgan fingerprint density at radius 1 is 1.53 bits per heavy atom. The van der Waals surface area contributed by atoms with Crippen LogP contribution in [-0.4, -0.2) is 25.2 Å². The van der Waals surface area contributed by atoms with Gasteiger partial charge in [-0.25, -0.2) is 4.79 Å². The molecular weight excluding hydrogens is 242 g/mol. The van der Waals surface area contributed by atoms with Crippen molar-refractivity contribution in [3.05, 3.63) is 34.9 Å². The Morgan fingerprint density at radius 3 is 3.05 bits per heavy atom. The van der Waals surface area contributed by atoms with Gasteiger partial charge in [0.2, 0.25) is 5.96 Å². The molecule has 1 atom stereocenters. The fraction of sp³-hybridized carbons (Fsp3) is 0.429. The van der Waals surface area contributed by atoms with Crippen molar-refractivity contribution in [3.63, 3.8) is 0 Å². The maximum atomic E-state index is 11.3. The van der Waals surface area contributed by atoms with E-state index >= 15 is 0 Å². The number of guanidine groups is 1. The molecule has 0 aromatic heterocycles. The number of aliphatic imine (C=N–C) groups is 1. The average molecular weight is 261 g/mol. The van der Waals surface area contributed by atoms with E-state index in [4.69, 9.17) is 4.74 Å². The van der Waals surface area contributed by atoms with Crippen LogP contribution in [0.1, 0.15) is 29.7 Å². The van der Waals surface area contributed by atoms with Crippen LogP contribution in [0.25, 0.3) is 0 Å². The number of aryl methyl sites for hydroxylation is 2. The van der Waals surface area contributed by atoms with E-state index in [1.165, 1.54) is 16.7 Å². The summed E-state index contributed by atoms with van der Waals surface area (Å²) in [6.07, 6.45) is -0.477. The van der Waals surface area contributed by atoms with Crippen LogP contribution < -0.4 is 10.6 Å². The molecule has 1 aliphatic rings. The molecule has 1 heterocycles. The Balaban J connectivity index is 2.00. The number of ether oxygens (including phenoxy) is 1. The maximum Gasteiger partial charge on any atom is 0.413 e. The molecule has 0 saturated carbocycles. The zero-order valence-corrected chi connectivity index (χ0v) is 11.5. The molecule has 1 aromatic carbocycles. The third-order valence-corrected chi connectivity index (χ3v) is 3.05. The lowest BCUT2D eigenvalue weighted by Crippen LogP contribution is -2.39. The van der Waals surface area contributed by atoms with Gasteiger partial charge in [0.1, 0.15) is 0 Å². The molecule has 1 unspecified atom stereocenters. The summed E-state index contributed by atoms with van der Waals surface area (Å²) < 4.78 is 4.82. The molecule has 0 aliphatic carbocycles. The smallest absolute Gasteiger partial charge is 0.413 e. The minimum absolute atomic E-state index is 0.108. The number of hydrogen-bond acceptors (Lipinski definition) is 4. The van der Waals surface area contributed by atoms with Gasteiger partial charge in [0.15, 0.2) is 0 Å². The Morgan fingerprint density at radius 2 is 2.32 bits per heavy atom. The number of nitrogens with zero attached hydrogens (tertiary/aromatic N) is 1. The highest BCUT2D eigenvalue weighted by atomic mass is 16.5. The zero-order valence-electron chi connectivity index (χ0n) is 11.5. The van der Waals surface area contributed by atoms with Crippen molar-refractivity contribution in [2.24, 2.45) is 4.99 Å². The predicted octanol–water partition coefficient (Wildman–Crippen LogP) is 2.05. The number of benzene rings is 1. The third-order valence-electron chi connectivity index (χ3n) is 3.05. The van der Waals surface area contributed by atoms with Crippen LogP contribution in [0.5, 0.6) is 0 Å². The summed E-state index contributed by atoms with van der Waals surface area (Å²) >= 11 is 0. The number of hydrogen-bond donors (Lipinski definition) is 2. The number of alkyl carbamates (subject to hydrolysis) is 1. The fourth-order valence-corrected chi connectivity index (χ4v) is 2.09.